The molecule has 5 heteroatoms. The van der Waals surface area contributed by atoms with Gasteiger partial charge in [-0.1, -0.05) is 0 Å². The third kappa shape index (κ3) is 4.55. The second kappa shape index (κ2) is 7.71. The number of hydrogen-bond acceptors (Lipinski definition) is 5. The molecule has 0 amide bonds. The molecule has 0 radical (unpaired) electrons. The van der Waals surface area contributed by atoms with E-state index in [9.17, 15) is 4.79 Å². The summed E-state index contributed by atoms with van der Waals surface area (Å²) in [4.78, 5) is 11.6. The van der Waals surface area contributed by atoms with Gasteiger partial charge in [-0.05, 0) is 39.7 Å². The molecule has 1 rings (SSSR count). The Labute approximate surface area is 109 Å². The third-order valence-corrected chi connectivity index (χ3v) is 3.50. The van der Waals surface area contributed by atoms with Crippen LogP contribution in [-0.2, 0) is 19.0 Å². The number of likely N-dealkylation sites (N-methyl/N-ethyl adjacent to an activating group) is 1. The molecule has 1 saturated heterocycles. The molecule has 1 heterocycles. The summed E-state index contributed by atoms with van der Waals surface area (Å²) < 4.78 is 15.7. The predicted molar refractivity (Wildman–Crippen MR) is 68.5 cm³/mol. The van der Waals surface area contributed by atoms with Crippen LogP contribution in [0.15, 0.2) is 0 Å². The van der Waals surface area contributed by atoms with Crippen molar-refractivity contribution in [1.29, 1.82) is 0 Å². The molecule has 0 aromatic heterocycles. The van der Waals surface area contributed by atoms with Crippen LogP contribution in [0.3, 0.4) is 0 Å². The molecular formula is C13H25NO4. The topological polar surface area (TPSA) is 56.8 Å². The highest BCUT2D eigenvalue weighted by Crippen LogP contribution is 2.16. The minimum Gasteiger partial charge on any atom is -0.468 e. The van der Waals surface area contributed by atoms with E-state index in [0.29, 0.717) is 0 Å². The minimum absolute atomic E-state index is 0.213. The molecule has 106 valence electrons. The van der Waals surface area contributed by atoms with Crippen molar-refractivity contribution in [2.24, 2.45) is 0 Å². The lowest BCUT2D eigenvalue weighted by atomic mass is 9.95. The van der Waals surface area contributed by atoms with E-state index in [-0.39, 0.29) is 12.1 Å². The number of unbranched alkanes of at least 4 members (excludes halogenated alkanes) is 1. The zero-order chi connectivity index (χ0) is 13.4. The fourth-order valence-electron chi connectivity index (χ4n) is 2.03. The van der Waals surface area contributed by atoms with E-state index in [1.165, 1.54) is 7.11 Å². The number of carbonyl (C=O) groups excluding carboxylic acids is 1. The summed E-state index contributed by atoms with van der Waals surface area (Å²) in [6.07, 6.45) is 3.89. The van der Waals surface area contributed by atoms with Crippen molar-refractivity contribution >= 4 is 5.97 Å². The van der Waals surface area contributed by atoms with E-state index in [1.54, 1.807) is 7.05 Å². The second-order valence-corrected chi connectivity index (χ2v) is 4.89. The van der Waals surface area contributed by atoms with Crippen LogP contribution in [-0.4, -0.2) is 51.6 Å². The maximum Gasteiger partial charge on any atom is 0.325 e. The van der Waals surface area contributed by atoms with Crippen molar-refractivity contribution in [3.8, 4) is 0 Å². The number of ether oxygens (including phenoxy) is 3. The van der Waals surface area contributed by atoms with Gasteiger partial charge in [0.2, 0.25) is 0 Å². The minimum atomic E-state index is -0.592. The Morgan fingerprint density at radius 1 is 1.50 bits per heavy atom. The average molecular weight is 259 g/mol. The van der Waals surface area contributed by atoms with Gasteiger partial charge in [-0.2, -0.15) is 0 Å². The Morgan fingerprint density at radius 3 is 2.83 bits per heavy atom. The van der Waals surface area contributed by atoms with Crippen LogP contribution in [0.4, 0.5) is 0 Å². The van der Waals surface area contributed by atoms with Gasteiger partial charge in [0, 0.05) is 13.2 Å². The Morgan fingerprint density at radius 2 is 2.28 bits per heavy atom. The van der Waals surface area contributed by atoms with Gasteiger partial charge in [0.25, 0.3) is 0 Å². The lowest BCUT2D eigenvalue weighted by Gasteiger charge is -2.26. The first-order valence-corrected chi connectivity index (χ1v) is 6.59. The molecule has 0 aromatic rings. The van der Waals surface area contributed by atoms with Crippen molar-refractivity contribution in [3.05, 3.63) is 0 Å². The van der Waals surface area contributed by atoms with Gasteiger partial charge >= 0.3 is 5.97 Å². The molecule has 0 aromatic carbocycles. The van der Waals surface area contributed by atoms with Crippen LogP contribution in [0.1, 0.15) is 32.6 Å². The van der Waals surface area contributed by atoms with Gasteiger partial charge in [-0.15, -0.1) is 0 Å². The summed E-state index contributed by atoms with van der Waals surface area (Å²) in [5.41, 5.74) is -0.592. The Kier molecular flexibility index (Phi) is 6.60. The number of rotatable bonds is 8. The van der Waals surface area contributed by atoms with E-state index in [4.69, 9.17) is 14.2 Å². The molecule has 1 aliphatic heterocycles. The summed E-state index contributed by atoms with van der Waals surface area (Å²) in [5, 5.41) is 3.03. The number of methoxy groups -OCH3 is 1. The molecule has 5 nitrogen and oxygen atoms in total. The highest BCUT2D eigenvalue weighted by Gasteiger charge is 2.31. The van der Waals surface area contributed by atoms with Gasteiger partial charge in [0.05, 0.1) is 19.8 Å². The summed E-state index contributed by atoms with van der Waals surface area (Å²) in [6.45, 7) is 4.13. The second-order valence-electron chi connectivity index (χ2n) is 4.89. The number of nitrogens with one attached hydrogen (secondary N) is 1. The lowest BCUT2D eigenvalue weighted by Crippen LogP contribution is -2.48. The Hall–Kier alpha value is -0.650. The van der Waals surface area contributed by atoms with E-state index >= 15 is 0 Å². The molecule has 0 spiro atoms. The van der Waals surface area contributed by atoms with Gasteiger partial charge in [0.1, 0.15) is 5.54 Å². The predicted octanol–water partition coefficient (Wildman–Crippen LogP) is 1.11. The molecule has 18 heavy (non-hydrogen) atoms. The van der Waals surface area contributed by atoms with Crippen molar-refractivity contribution in [2.75, 3.05) is 34.0 Å². The maximum atomic E-state index is 11.6. The summed E-state index contributed by atoms with van der Waals surface area (Å²) in [7, 11) is 3.20. The number of carbonyl (C=O) groups is 1. The first kappa shape index (κ1) is 15.4. The van der Waals surface area contributed by atoms with Crippen LogP contribution in [0.5, 0.6) is 0 Å². The van der Waals surface area contributed by atoms with Crippen LogP contribution in [0.2, 0.25) is 0 Å². The molecular weight excluding hydrogens is 234 g/mol. The van der Waals surface area contributed by atoms with Crippen LogP contribution in [0.25, 0.3) is 0 Å². The normalized spacial score (nSPS) is 22.7. The first-order valence-electron chi connectivity index (χ1n) is 6.59. The van der Waals surface area contributed by atoms with E-state index < -0.39 is 5.54 Å². The zero-order valence-corrected chi connectivity index (χ0v) is 11.7. The third-order valence-electron chi connectivity index (χ3n) is 3.50. The lowest BCUT2D eigenvalue weighted by molar-refractivity contribution is -0.148. The van der Waals surface area contributed by atoms with Crippen LogP contribution >= 0.6 is 0 Å². The Bertz CT molecular complexity index is 253. The molecule has 2 atom stereocenters. The van der Waals surface area contributed by atoms with Crippen molar-refractivity contribution in [1.82, 2.24) is 5.32 Å². The van der Waals surface area contributed by atoms with Crippen molar-refractivity contribution < 1.29 is 19.0 Å². The van der Waals surface area contributed by atoms with Crippen molar-refractivity contribution in [3.63, 3.8) is 0 Å². The fraction of sp³-hybridized carbons (Fsp3) is 0.923. The van der Waals surface area contributed by atoms with E-state index in [0.717, 1.165) is 45.5 Å². The smallest absolute Gasteiger partial charge is 0.325 e. The summed E-state index contributed by atoms with van der Waals surface area (Å²) >= 11 is 0. The molecule has 2 unspecified atom stereocenters. The van der Waals surface area contributed by atoms with E-state index in [1.807, 2.05) is 6.92 Å². The van der Waals surface area contributed by atoms with Gasteiger partial charge in [-0.25, -0.2) is 0 Å². The highest BCUT2D eigenvalue weighted by atomic mass is 16.5. The maximum absolute atomic E-state index is 11.6. The molecule has 1 aliphatic rings. The van der Waals surface area contributed by atoms with Gasteiger partial charge in [0.15, 0.2) is 0 Å². The quantitative estimate of drug-likeness (QED) is 0.523. The fourth-order valence-corrected chi connectivity index (χ4v) is 2.03. The number of hydrogen-bond donors (Lipinski definition) is 1. The summed E-state index contributed by atoms with van der Waals surface area (Å²) in [5.74, 6) is -0.213. The summed E-state index contributed by atoms with van der Waals surface area (Å²) in [6, 6.07) is 0. The monoisotopic (exact) mass is 259 g/mol. The SMILES string of the molecule is CNC(C)(CCCCOC1CCOC1)C(=O)OC. The van der Waals surface area contributed by atoms with E-state index in [2.05, 4.69) is 5.32 Å². The molecule has 0 saturated carbocycles. The van der Waals surface area contributed by atoms with Crippen molar-refractivity contribution in [2.45, 2.75) is 44.2 Å². The van der Waals surface area contributed by atoms with Crippen LogP contribution in [0, 0.1) is 0 Å². The standard InChI is InChI=1S/C13H25NO4/c1-13(14-2,12(15)16-3)7-4-5-8-18-11-6-9-17-10-11/h11,14H,4-10H2,1-3H3. The highest BCUT2D eigenvalue weighted by molar-refractivity contribution is 5.80. The molecule has 0 bridgehead atoms. The van der Waals surface area contributed by atoms with Gasteiger partial charge in [-0.3, -0.25) is 4.79 Å². The number of esters is 1. The Balaban J connectivity index is 2.13. The average Bonchev–Trinajstić information content (AvgIpc) is 2.90. The largest absolute Gasteiger partial charge is 0.468 e. The zero-order valence-electron chi connectivity index (χ0n) is 11.7. The molecule has 1 N–H and O–H groups in total. The molecule has 0 aliphatic carbocycles. The molecule has 1 fully saturated rings. The van der Waals surface area contributed by atoms with Gasteiger partial charge < -0.3 is 19.5 Å². The van der Waals surface area contributed by atoms with Crippen LogP contribution < -0.4 is 5.32 Å². The first-order chi connectivity index (χ1) is 8.62.